The lowest BCUT2D eigenvalue weighted by Crippen LogP contribution is -2.09. The van der Waals surface area contributed by atoms with Crippen LogP contribution in [0.15, 0.2) is 41.0 Å². The summed E-state index contributed by atoms with van der Waals surface area (Å²) in [5, 5.41) is 0. The highest BCUT2D eigenvalue weighted by Crippen LogP contribution is 2.26. The fourth-order valence-electron chi connectivity index (χ4n) is 2.73. The van der Waals surface area contributed by atoms with Gasteiger partial charge < -0.3 is 14.1 Å². The number of ether oxygens (including phenoxy) is 1. The highest BCUT2D eigenvalue weighted by atomic mass is 16.5. The van der Waals surface area contributed by atoms with Crippen molar-refractivity contribution >= 4 is 17.1 Å². The van der Waals surface area contributed by atoms with Crippen LogP contribution < -0.4 is 4.74 Å². The summed E-state index contributed by atoms with van der Waals surface area (Å²) < 4.78 is 10.6. The van der Waals surface area contributed by atoms with Crippen molar-refractivity contribution in [3.63, 3.8) is 0 Å². The zero-order valence-electron chi connectivity index (χ0n) is 10.8. The molecular formula is C16H13NO3. The maximum Gasteiger partial charge on any atom is 0.360 e. The van der Waals surface area contributed by atoms with Crippen molar-refractivity contribution in [2.75, 3.05) is 0 Å². The summed E-state index contributed by atoms with van der Waals surface area (Å²) >= 11 is 0. The first-order valence-corrected chi connectivity index (χ1v) is 6.70. The van der Waals surface area contributed by atoms with Gasteiger partial charge in [-0.2, -0.15) is 0 Å². The Labute approximate surface area is 115 Å². The molecule has 2 heterocycles. The van der Waals surface area contributed by atoms with Gasteiger partial charge in [0.2, 0.25) is 0 Å². The number of hydrogen-bond donors (Lipinski definition) is 1. The molecule has 1 aliphatic rings. The van der Waals surface area contributed by atoms with Crippen LogP contribution in [0.5, 0.6) is 5.75 Å². The van der Waals surface area contributed by atoms with Crippen LogP contribution in [0, 0.1) is 0 Å². The van der Waals surface area contributed by atoms with E-state index in [4.69, 9.17) is 9.15 Å². The molecule has 0 saturated heterocycles. The van der Waals surface area contributed by atoms with Gasteiger partial charge >= 0.3 is 5.97 Å². The van der Waals surface area contributed by atoms with E-state index in [0.717, 1.165) is 18.4 Å². The van der Waals surface area contributed by atoms with Gasteiger partial charge in [-0.3, -0.25) is 0 Å². The molecule has 100 valence electrons. The summed E-state index contributed by atoms with van der Waals surface area (Å²) in [6.45, 7) is 0. The fourth-order valence-corrected chi connectivity index (χ4v) is 2.73. The molecule has 0 fully saturated rings. The molecule has 0 spiro atoms. The summed E-state index contributed by atoms with van der Waals surface area (Å²) in [5.41, 5.74) is 4.51. The largest absolute Gasteiger partial charge is 0.463 e. The van der Waals surface area contributed by atoms with E-state index in [1.165, 1.54) is 17.5 Å². The van der Waals surface area contributed by atoms with Gasteiger partial charge in [0.05, 0.1) is 11.8 Å². The number of fused-ring (bicyclic) bond motifs is 2. The average molecular weight is 267 g/mol. The van der Waals surface area contributed by atoms with Crippen molar-refractivity contribution in [2.45, 2.75) is 19.3 Å². The Hall–Kier alpha value is -2.49. The zero-order valence-corrected chi connectivity index (χ0v) is 10.8. The van der Waals surface area contributed by atoms with Gasteiger partial charge in [-0.1, -0.05) is 6.07 Å². The molecule has 4 rings (SSSR count). The molecular weight excluding hydrogens is 254 g/mol. The highest BCUT2D eigenvalue weighted by molar-refractivity contribution is 5.94. The lowest BCUT2D eigenvalue weighted by Gasteiger charge is -2.05. The number of aromatic amines is 1. The summed E-state index contributed by atoms with van der Waals surface area (Å²) in [6.07, 6.45) is 4.95. The van der Waals surface area contributed by atoms with E-state index in [-0.39, 0.29) is 0 Å². The first kappa shape index (κ1) is 11.3. The quantitative estimate of drug-likeness (QED) is 0.571. The van der Waals surface area contributed by atoms with Crippen LogP contribution in [0.3, 0.4) is 0 Å². The molecule has 1 aromatic carbocycles. The molecule has 3 aromatic rings. The molecule has 0 radical (unpaired) electrons. The van der Waals surface area contributed by atoms with Crippen molar-refractivity contribution < 1.29 is 13.9 Å². The number of aryl methyl sites for hydroxylation is 2. The van der Waals surface area contributed by atoms with E-state index in [1.807, 2.05) is 18.2 Å². The van der Waals surface area contributed by atoms with E-state index in [0.29, 0.717) is 17.0 Å². The number of esters is 1. The monoisotopic (exact) mass is 267 g/mol. The van der Waals surface area contributed by atoms with E-state index < -0.39 is 5.97 Å². The third-order valence-electron chi connectivity index (χ3n) is 3.74. The van der Waals surface area contributed by atoms with Crippen LogP contribution in [0.4, 0.5) is 0 Å². The van der Waals surface area contributed by atoms with Gasteiger partial charge in [0, 0.05) is 12.1 Å². The smallest absolute Gasteiger partial charge is 0.360 e. The van der Waals surface area contributed by atoms with Crippen LogP contribution >= 0.6 is 0 Å². The lowest BCUT2D eigenvalue weighted by atomic mass is 10.1. The van der Waals surface area contributed by atoms with Gasteiger partial charge in [0.25, 0.3) is 0 Å². The Morgan fingerprint density at radius 2 is 2.05 bits per heavy atom. The van der Waals surface area contributed by atoms with Crippen LogP contribution in [-0.4, -0.2) is 11.0 Å². The van der Waals surface area contributed by atoms with Crippen molar-refractivity contribution in [1.82, 2.24) is 4.98 Å². The molecule has 2 aromatic heterocycles. The molecule has 0 saturated carbocycles. The number of hydrogen-bond acceptors (Lipinski definition) is 3. The average Bonchev–Trinajstić information content (AvgIpc) is 3.12. The predicted octanol–water partition coefficient (Wildman–Crippen LogP) is 3.47. The van der Waals surface area contributed by atoms with Crippen LogP contribution in [0.1, 0.15) is 28.0 Å². The second-order valence-electron chi connectivity index (χ2n) is 5.06. The third kappa shape index (κ3) is 1.81. The normalized spacial score (nSPS) is 13.6. The minimum atomic E-state index is -0.394. The number of aromatic nitrogens is 1. The van der Waals surface area contributed by atoms with Crippen molar-refractivity contribution in [1.29, 1.82) is 0 Å². The van der Waals surface area contributed by atoms with Crippen molar-refractivity contribution in [2.24, 2.45) is 0 Å². The number of benzene rings is 1. The molecule has 1 N–H and O–H groups in total. The second-order valence-corrected chi connectivity index (χ2v) is 5.06. The SMILES string of the molecule is O=C(Oc1ccc2c(c1)CCC2)c1cc2occc2[nH]1. The Bertz CT molecular complexity index is 769. The van der Waals surface area contributed by atoms with Crippen LogP contribution in [0.25, 0.3) is 11.1 Å². The maximum absolute atomic E-state index is 12.1. The zero-order chi connectivity index (χ0) is 13.5. The van der Waals surface area contributed by atoms with E-state index in [2.05, 4.69) is 4.98 Å². The standard InChI is InChI=1S/C16H13NO3/c18-16(14-9-15-13(17-14)6-7-19-15)20-12-5-4-10-2-1-3-11(10)8-12/h4-9,17H,1-3H2. The summed E-state index contributed by atoms with van der Waals surface area (Å²) in [4.78, 5) is 15.1. The Morgan fingerprint density at radius 1 is 1.15 bits per heavy atom. The molecule has 0 unspecified atom stereocenters. The van der Waals surface area contributed by atoms with E-state index in [9.17, 15) is 4.79 Å². The molecule has 4 heteroatoms. The maximum atomic E-state index is 12.1. The fraction of sp³-hybridized carbons (Fsp3) is 0.188. The van der Waals surface area contributed by atoms with Gasteiger partial charge in [0.1, 0.15) is 11.4 Å². The van der Waals surface area contributed by atoms with Crippen LogP contribution in [-0.2, 0) is 12.8 Å². The first-order chi connectivity index (χ1) is 9.79. The first-order valence-electron chi connectivity index (χ1n) is 6.70. The van der Waals surface area contributed by atoms with Gasteiger partial charge in [-0.25, -0.2) is 4.79 Å². The number of furan rings is 1. The Balaban J connectivity index is 1.59. The third-order valence-corrected chi connectivity index (χ3v) is 3.74. The van der Waals surface area contributed by atoms with Crippen molar-refractivity contribution in [3.8, 4) is 5.75 Å². The Kier molecular flexibility index (Phi) is 2.42. The second kappa shape index (κ2) is 4.27. The molecule has 0 atom stereocenters. The predicted molar refractivity (Wildman–Crippen MR) is 74.0 cm³/mol. The van der Waals surface area contributed by atoms with Crippen LogP contribution in [0.2, 0.25) is 0 Å². The number of rotatable bonds is 2. The van der Waals surface area contributed by atoms with Gasteiger partial charge in [-0.15, -0.1) is 0 Å². The highest BCUT2D eigenvalue weighted by Gasteiger charge is 2.16. The Morgan fingerprint density at radius 3 is 2.95 bits per heavy atom. The molecule has 20 heavy (non-hydrogen) atoms. The minimum absolute atomic E-state index is 0.394. The number of nitrogens with one attached hydrogen (secondary N) is 1. The number of carbonyl (C=O) groups is 1. The van der Waals surface area contributed by atoms with Gasteiger partial charge in [-0.05, 0) is 42.5 Å². The molecule has 0 bridgehead atoms. The van der Waals surface area contributed by atoms with E-state index in [1.54, 1.807) is 18.4 Å². The van der Waals surface area contributed by atoms with E-state index >= 15 is 0 Å². The molecule has 0 amide bonds. The molecule has 0 aliphatic heterocycles. The molecule has 1 aliphatic carbocycles. The van der Waals surface area contributed by atoms with Gasteiger partial charge in [0.15, 0.2) is 5.58 Å². The minimum Gasteiger partial charge on any atom is -0.463 e. The van der Waals surface area contributed by atoms with Crippen molar-refractivity contribution in [3.05, 3.63) is 53.4 Å². The number of H-pyrrole nitrogens is 1. The number of carbonyl (C=O) groups excluding carboxylic acids is 1. The molecule has 4 nitrogen and oxygen atoms in total. The topological polar surface area (TPSA) is 55.2 Å². The summed E-state index contributed by atoms with van der Waals surface area (Å²) in [7, 11) is 0. The summed E-state index contributed by atoms with van der Waals surface area (Å²) in [6, 6.07) is 9.31. The lowest BCUT2D eigenvalue weighted by molar-refractivity contribution is 0.0729. The summed E-state index contributed by atoms with van der Waals surface area (Å²) in [5.74, 6) is 0.205.